The van der Waals surface area contributed by atoms with E-state index in [0.29, 0.717) is 37.9 Å². The van der Waals surface area contributed by atoms with Gasteiger partial charge >= 0.3 is 12.2 Å². The first-order valence-electron chi connectivity index (χ1n) is 20.9. The molecule has 4 atom stereocenters. The molecule has 7 rings (SSSR count). The van der Waals surface area contributed by atoms with E-state index in [2.05, 4.69) is 39.9 Å². The summed E-state index contributed by atoms with van der Waals surface area (Å²) in [5.74, 6) is -1.76. The lowest BCUT2D eigenvalue weighted by atomic mass is 9.95. The van der Waals surface area contributed by atoms with E-state index in [1.165, 1.54) is 19.1 Å². The first-order chi connectivity index (χ1) is 29.3. The summed E-state index contributed by atoms with van der Waals surface area (Å²) in [6.07, 6.45) is 3.92. The molecule has 3 aliphatic rings. The minimum absolute atomic E-state index is 0.0522. The molecule has 14 heteroatoms. The molecule has 2 saturated heterocycles. The fourth-order valence-corrected chi connectivity index (χ4v) is 8.72. The van der Waals surface area contributed by atoms with E-state index in [0.717, 1.165) is 51.9 Å². The summed E-state index contributed by atoms with van der Waals surface area (Å²) in [5, 5.41) is 5.52. The number of rotatable bonds is 11. The smallest absolute Gasteiger partial charge is 0.407 e. The van der Waals surface area contributed by atoms with Crippen molar-refractivity contribution in [2.45, 2.75) is 84.0 Å². The number of aliphatic imine (C=N–C) groups is 1. The Balaban J connectivity index is 1.04. The van der Waals surface area contributed by atoms with Gasteiger partial charge in [0.05, 0.1) is 37.5 Å². The topological polar surface area (TPSA) is 162 Å². The number of pyridine rings is 1. The second kappa shape index (κ2) is 18.1. The van der Waals surface area contributed by atoms with Crippen LogP contribution in [0.1, 0.15) is 77.1 Å². The molecule has 3 N–H and O–H groups in total. The van der Waals surface area contributed by atoms with E-state index in [1.54, 1.807) is 12.1 Å². The van der Waals surface area contributed by atoms with Crippen LogP contribution < -0.4 is 16.1 Å². The highest BCUT2D eigenvalue weighted by Crippen LogP contribution is 2.35. The summed E-state index contributed by atoms with van der Waals surface area (Å²) in [6, 6.07) is 19.2. The molecule has 13 nitrogen and oxygen atoms in total. The van der Waals surface area contributed by atoms with E-state index in [4.69, 9.17) is 14.5 Å². The lowest BCUT2D eigenvalue weighted by Crippen LogP contribution is -2.53. The van der Waals surface area contributed by atoms with E-state index in [-0.39, 0.29) is 40.8 Å². The monoisotopic (exact) mass is 832 g/mol. The number of hydrogen-bond donors (Lipinski definition) is 3. The molecule has 4 amide bonds. The molecule has 0 bridgehead atoms. The van der Waals surface area contributed by atoms with Crippen molar-refractivity contribution in [3.05, 3.63) is 100 Å². The van der Waals surface area contributed by atoms with Gasteiger partial charge in [-0.1, -0.05) is 82.3 Å². The second-order valence-electron chi connectivity index (χ2n) is 16.6. The number of aromatic amines is 1. The maximum Gasteiger partial charge on any atom is 0.407 e. The van der Waals surface area contributed by atoms with Gasteiger partial charge in [0, 0.05) is 36.8 Å². The molecular weight excluding hydrogens is 780 g/mol. The number of likely N-dealkylation sites (tertiary alicyclic amines) is 2. The number of nitrogens with zero attached hydrogens (tertiary/aromatic N) is 3. The number of benzene rings is 3. The van der Waals surface area contributed by atoms with Gasteiger partial charge in [-0.3, -0.25) is 19.4 Å². The number of hydrogen-bond acceptors (Lipinski definition) is 8. The van der Waals surface area contributed by atoms with Crippen molar-refractivity contribution < 1.29 is 33.0 Å². The minimum Gasteiger partial charge on any atom is -0.453 e. The maximum atomic E-state index is 15.8. The molecule has 4 heterocycles. The van der Waals surface area contributed by atoms with E-state index < -0.39 is 41.6 Å². The van der Waals surface area contributed by atoms with Crippen LogP contribution >= 0.6 is 0 Å². The second-order valence-corrected chi connectivity index (χ2v) is 16.6. The number of ether oxygens (including phenoxy) is 2. The van der Waals surface area contributed by atoms with Gasteiger partial charge in [-0.25, -0.2) is 14.0 Å². The van der Waals surface area contributed by atoms with Gasteiger partial charge in [-0.15, -0.1) is 0 Å². The quantitative estimate of drug-likeness (QED) is 0.140. The van der Waals surface area contributed by atoms with Crippen LogP contribution in [0.2, 0.25) is 0 Å². The molecule has 1 unspecified atom stereocenters. The number of halogens is 1. The molecule has 1 aromatic heterocycles. The molecule has 0 saturated carbocycles. The molecule has 320 valence electrons. The number of H-pyrrole nitrogens is 1. The molecule has 3 aliphatic heterocycles. The van der Waals surface area contributed by atoms with Gasteiger partial charge in [0.1, 0.15) is 12.1 Å². The van der Waals surface area contributed by atoms with Crippen molar-refractivity contribution in [3.63, 3.8) is 0 Å². The molecule has 0 radical (unpaired) electrons. The SMILES string of the molecule is COC(=O)N[C@H](C(=O)N1CCCC1c1[nH]c2cc(-c3ccc(-c4ccc(C5=CN=C([C@@H]6CCCN6C(=O)[C@@H](NC(=O)OC)C(C)C)C5)cc4)cc3)ccc2c(=O)c1F)C(C)C. The Morgan fingerprint density at radius 1 is 0.721 bits per heavy atom. The summed E-state index contributed by atoms with van der Waals surface area (Å²) < 4.78 is 25.3. The average molecular weight is 833 g/mol. The summed E-state index contributed by atoms with van der Waals surface area (Å²) in [4.78, 5) is 76.0. The van der Waals surface area contributed by atoms with Crippen LogP contribution in [0.15, 0.2) is 82.7 Å². The van der Waals surface area contributed by atoms with E-state index in [9.17, 15) is 24.0 Å². The zero-order chi connectivity index (χ0) is 43.5. The molecule has 0 spiro atoms. The van der Waals surface area contributed by atoms with Crippen molar-refractivity contribution in [3.8, 4) is 22.3 Å². The molecule has 61 heavy (non-hydrogen) atoms. The number of carbonyl (C=O) groups is 4. The van der Waals surface area contributed by atoms with Crippen molar-refractivity contribution in [1.82, 2.24) is 25.4 Å². The van der Waals surface area contributed by atoms with Gasteiger partial charge in [-0.05, 0) is 83.0 Å². The summed E-state index contributed by atoms with van der Waals surface area (Å²) in [7, 11) is 2.51. The third-order valence-electron chi connectivity index (χ3n) is 12.1. The molecular formula is C47H53FN6O7. The van der Waals surface area contributed by atoms with Crippen molar-refractivity contribution >= 4 is 46.2 Å². The number of alkyl carbamates (subject to hydrolysis) is 2. The highest BCUT2D eigenvalue weighted by molar-refractivity contribution is 6.04. The third kappa shape index (κ3) is 8.80. The van der Waals surface area contributed by atoms with Crippen LogP contribution in [0.5, 0.6) is 0 Å². The van der Waals surface area contributed by atoms with Gasteiger partial charge in [-0.2, -0.15) is 0 Å². The summed E-state index contributed by atoms with van der Waals surface area (Å²) in [5.41, 5.74) is 6.61. The van der Waals surface area contributed by atoms with E-state index >= 15 is 4.39 Å². The summed E-state index contributed by atoms with van der Waals surface area (Å²) in [6.45, 7) is 8.39. The predicted molar refractivity (Wildman–Crippen MR) is 232 cm³/mol. The lowest BCUT2D eigenvalue weighted by Gasteiger charge is -2.31. The minimum atomic E-state index is -0.918. The lowest BCUT2D eigenvalue weighted by molar-refractivity contribution is -0.135. The van der Waals surface area contributed by atoms with Crippen LogP contribution in [0, 0.1) is 17.7 Å². The molecule has 3 aromatic carbocycles. The van der Waals surface area contributed by atoms with Gasteiger partial charge in [0.25, 0.3) is 0 Å². The van der Waals surface area contributed by atoms with Crippen LogP contribution in [0.3, 0.4) is 0 Å². The Morgan fingerprint density at radius 3 is 1.72 bits per heavy atom. The first-order valence-corrected chi connectivity index (χ1v) is 20.9. The van der Waals surface area contributed by atoms with Crippen LogP contribution in [0.4, 0.5) is 14.0 Å². The van der Waals surface area contributed by atoms with Crippen LogP contribution in [-0.4, -0.2) is 89.9 Å². The highest BCUT2D eigenvalue weighted by atomic mass is 19.1. The molecule has 0 aliphatic carbocycles. The number of fused-ring (bicyclic) bond motifs is 1. The number of nitrogens with one attached hydrogen (secondary N) is 3. The Kier molecular flexibility index (Phi) is 12.7. The van der Waals surface area contributed by atoms with Crippen LogP contribution in [-0.2, 0) is 19.1 Å². The van der Waals surface area contributed by atoms with E-state index in [1.807, 2.05) is 69.1 Å². The molecule has 2 fully saturated rings. The van der Waals surface area contributed by atoms with Gasteiger partial charge in [0.2, 0.25) is 17.2 Å². The fraction of sp³-hybridized carbons (Fsp3) is 0.404. The highest BCUT2D eigenvalue weighted by Gasteiger charge is 2.40. The fourth-order valence-electron chi connectivity index (χ4n) is 8.72. The Morgan fingerprint density at radius 2 is 1.20 bits per heavy atom. The van der Waals surface area contributed by atoms with Crippen molar-refractivity contribution in [2.24, 2.45) is 16.8 Å². The zero-order valence-corrected chi connectivity index (χ0v) is 35.4. The standard InChI is InChI=1S/C47H53FN6O7/c1-26(2)40(51-46(58)60-5)44(56)53-21-7-9-37(53)36-24-33(25-49-36)31-17-13-29(14-18-31)28-11-15-30(16-12-28)32-19-20-34-35(23-32)50-42(39(48)43(34)55)38-10-8-22-54(38)45(57)41(27(3)4)52-47(59)61-6/h11-20,23,25-27,37-38,40-41H,7-10,21-22,24H2,1-6H3,(H,50,55)(H,51,58)(H,52,59)/t37-,38?,40-,41-/m0/s1. The Hall–Kier alpha value is -6.31. The Bertz CT molecular complexity index is 2440. The number of allylic oxidation sites excluding steroid dienone is 1. The molecule has 4 aromatic rings. The normalized spacial score (nSPS) is 18.6. The zero-order valence-electron chi connectivity index (χ0n) is 35.4. The predicted octanol–water partition coefficient (Wildman–Crippen LogP) is 7.60. The Labute approximate surface area is 354 Å². The van der Waals surface area contributed by atoms with Crippen molar-refractivity contribution in [2.75, 3.05) is 27.3 Å². The summed E-state index contributed by atoms with van der Waals surface area (Å²) >= 11 is 0. The average Bonchev–Trinajstić information content (AvgIpc) is 4.07. The van der Waals surface area contributed by atoms with Gasteiger partial charge in [0.15, 0.2) is 5.82 Å². The van der Waals surface area contributed by atoms with Gasteiger partial charge < -0.3 is 34.9 Å². The first kappa shape index (κ1) is 42.8. The number of carbonyl (C=O) groups excluding carboxylic acids is 4. The number of aromatic nitrogens is 1. The number of amides is 4. The third-order valence-corrected chi connectivity index (χ3v) is 12.1. The van der Waals surface area contributed by atoms with Crippen molar-refractivity contribution in [1.29, 1.82) is 0 Å². The largest absolute Gasteiger partial charge is 0.453 e. The number of methoxy groups -OCH3 is 2. The van der Waals surface area contributed by atoms with Crippen LogP contribution in [0.25, 0.3) is 38.7 Å². The maximum absolute atomic E-state index is 15.8.